The second-order valence-electron chi connectivity index (χ2n) is 15.6. The van der Waals surface area contributed by atoms with E-state index in [1.165, 1.54) is 12.5 Å². The fourth-order valence-corrected chi connectivity index (χ4v) is 10.9. The van der Waals surface area contributed by atoms with Crippen molar-refractivity contribution in [3.8, 4) is 0 Å². The van der Waals surface area contributed by atoms with Gasteiger partial charge in [-0.15, -0.1) is 0 Å². The van der Waals surface area contributed by atoms with Crippen molar-refractivity contribution < 1.29 is 19.4 Å². The van der Waals surface area contributed by atoms with Crippen LogP contribution in [0.1, 0.15) is 113 Å². The predicted molar refractivity (Wildman–Crippen MR) is 142 cm³/mol. The first-order valence-corrected chi connectivity index (χ1v) is 14.6. The van der Waals surface area contributed by atoms with Crippen molar-refractivity contribution in [1.29, 1.82) is 0 Å². The summed E-state index contributed by atoms with van der Waals surface area (Å²) < 4.78 is 5.86. The molecule has 0 radical (unpaired) electrons. The van der Waals surface area contributed by atoms with Crippen LogP contribution < -0.4 is 0 Å². The van der Waals surface area contributed by atoms with Crippen LogP contribution in [0.2, 0.25) is 0 Å². The van der Waals surface area contributed by atoms with Gasteiger partial charge in [-0.25, -0.2) is 0 Å². The molecule has 36 heavy (non-hydrogen) atoms. The first-order chi connectivity index (χ1) is 16.6. The van der Waals surface area contributed by atoms with Gasteiger partial charge in [-0.05, 0) is 85.4 Å². The molecule has 5 aliphatic carbocycles. The minimum atomic E-state index is -0.574. The maximum Gasteiger partial charge on any atom is 0.302 e. The predicted octanol–water partition coefficient (Wildman–Crippen LogP) is 6.89. The van der Waals surface area contributed by atoms with Crippen LogP contribution in [-0.2, 0) is 14.3 Å². The summed E-state index contributed by atoms with van der Waals surface area (Å²) >= 11 is 0. The third-order valence-corrected chi connectivity index (χ3v) is 13.2. The summed E-state index contributed by atoms with van der Waals surface area (Å²) in [6, 6.07) is 0. The minimum absolute atomic E-state index is 0.00827. The smallest absolute Gasteiger partial charge is 0.302 e. The number of allylic oxidation sites excluding steroid dienone is 2. The Hall–Kier alpha value is -1.16. The van der Waals surface area contributed by atoms with Gasteiger partial charge in [-0.3, -0.25) is 9.59 Å². The lowest BCUT2D eigenvalue weighted by Crippen LogP contribution is -2.66. The fourth-order valence-electron chi connectivity index (χ4n) is 10.9. The molecular formula is C32H50O4. The lowest BCUT2D eigenvalue weighted by Gasteiger charge is -2.71. The van der Waals surface area contributed by atoms with Crippen LogP contribution in [0.5, 0.6) is 0 Å². The Labute approximate surface area is 219 Å². The molecule has 4 heteroatoms. The Morgan fingerprint density at radius 2 is 1.69 bits per heavy atom. The molecule has 0 aliphatic heterocycles. The molecule has 0 bridgehead atoms. The van der Waals surface area contributed by atoms with Crippen LogP contribution in [0.4, 0.5) is 0 Å². The van der Waals surface area contributed by atoms with Gasteiger partial charge in [0.1, 0.15) is 11.9 Å². The van der Waals surface area contributed by atoms with Crippen LogP contribution >= 0.6 is 0 Å². The van der Waals surface area contributed by atoms with E-state index in [-0.39, 0.29) is 51.7 Å². The third kappa shape index (κ3) is 3.27. The first kappa shape index (κ1) is 26.4. The van der Waals surface area contributed by atoms with E-state index in [0.29, 0.717) is 24.0 Å². The number of fused-ring (bicyclic) bond motifs is 7. The van der Waals surface area contributed by atoms with E-state index in [1.54, 1.807) is 0 Å². The minimum Gasteiger partial charge on any atom is -0.462 e. The summed E-state index contributed by atoms with van der Waals surface area (Å²) in [4.78, 5) is 25.9. The van der Waals surface area contributed by atoms with Crippen LogP contribution in [0.3, 0.4) is 0 Å². The summed E-state index contributed by atoms with van der Waals surface area (Å²) in [5, 5.41) is 10.6. The van der Waals surface area contributed by atoms with E-state index in [2.05, 4.69) is 54.5 Å². The van der Waals surface area contributed by atoms with Gasteiger partial charge in [0.15, 0.2) is 0 Å². The number of aliphatic hydroxyl groups excluding tert-OH is 1. The van der Waals surface area contributed by atoms with Gasteiger partial charge in [-0.1, -0.05) is 60.1 Å². The van der Waals surface area contributed by atoms with Crippen molar-refractivity contribution in [2.75, 3.05) is 6.61 Å². The molecule has 3 unspecified atom stereocenters. The number of hydrogen-bond acceptors (Lipinski definition) is 4. The monoisotopic (exact) mass is 498 g/mol. The molecule has 5 rings (SSSR count). The van der Waals surface area contributed by atoms with Gasteiger partial charge < -0.3 is 9.84 Å². The number of ether oxygens (including phenoxy) is 1. The molecule has 0 spiro atoms. The second kappa shape index (κ2) is 7.93. The van der Waals surface area contributed by atoms with Crippen molar-refractivity contribution in [3.05, 3.63) is 11.6 Å². The zero-order chi connectivity index (χ0) is 26.5. The zero-order valence-corrected chi connectivity index (χ0v) is 24.1. The van der Waals surface area contributed by atoms with Gasteiger partial charge in [0.2, 0.25) is 0 Å². The van der Waals surface area contributed by atoms with E-state index in [1.807, 2.05) is 0 Å². The number of aliphatic hydroxyl groups is 1. The summed E-state index contributed by atoms with van der Waals surface area (Å²) in [5.74, 6) is 1.30. The van der Waals surface area contributed by atoms with E-state index >= 15 is 0 Å². The molecule has 5 aliphatic rings. The highest BCUT2D eigenvalue weighted by Gasteiger charge is 2.70. The number of carbonyl (C=O) groups excluding carboxylic acids is 2. The Bertz CT molecular complexity index is 992. The standard InChI is InChI=1S/C32H50O4/c1-20(34)36-26-12-13-29(6)23(28(26,4)5)11-14-30(7)24(29)10-9-21-22-17-27(2,3)15-16-32(22,19-33)25(35)18-31(21,30)8/h9,22-24,26,33H,10-19H2,1-8H3/t22?,23?,24?,26-,29-,30+,31+,32+/m0/s1. The van der Waals surface area contributed by atoms with E-state index in [9.17, 15) is 14.7 Å². The first-order valence-electron chi connectivity index (χ1n) is 14.6. The molecule has 202 valence electrons. The number of hydrogen-bond donors (Lipinski definition) is 1. The van der Waals surface area contributed by atoms with Crippen molar-refractivity contribution in [3.63, 3.8) is 0 Å². The Balaban J connectivity index is 1.57. The second-order valence-corrected chi connectivity index (χ2v) is 15.6. The highest BCUT2D eigenvalue weighted by Crippen LogP contribution is 2.75. The molecule has 4 saturated carbocycles. The summed E-state index contributed by atoms with van der Waals surface area (Å²) in [6.07, 6.45) is 11.2. The number of ketones is 1. The zero-order valence-electron chi connectivity index (χ0n) is 24.1. The average Bonchev–Trinajstić information content (AvgIpc) is 2.76. The van der Waals surface area contributed by atoms with Gasteiger partial charge in [0.05, 0.1) is 12.0 Å². The Kier molecular flexibility index (Phi) is 5.83. The molecule has 0 heterocycles. The largest absolute Gasteiger partial charge is 0.462 e. The van der Waals surface area contributed by atoms with Crippen molar-refractivity contribution in [2.45, 2.75) is 119 Å². The van der Waals surface area contributed by atoms with E-state index < -0.39 is 5.41 Å². The molecule has 0 aromatic rings. The highest BCUT2D eigenvalue weighted by atomic mass is 16.5. The van der Waals surface area contributed by atoms with Crippen molar-refractivity contribution in [1.82, 2.24) is 0 Å². The molecule has 0 amide bonds. The topological polar surface area (TPSA) is 63.6 Å². The molecule has 4 fully saturated rings. The Morgan fingerprint density at radius 3 is 2.33 bits per heavy atom. The molecule has 0 aromatic carbocycles. The fraction of sp³-hybridized carbons (Fsp3) is 0.875. The number of esters is 1. The molecule has 0 saturated heterocycles. The van der Waals surface area contributed by atoms with Crippen molar-refractivity contribution in [2.24, 2.45) is 50.2 Å². The molecule has 8 atom stereocenters. The average molecular weight is 499 g/mol. The Morgan fingerprint density at radius 1 is 1.00 bits per heavy atom. The normalized spacial score (nSPS) is 49.0. The van der Waals surface area contributed by atoms with Gasteiger partial charge >= 0.3 is 5.97 Å². The number of Topliss-reactive ketones (excluding diaryl/α,β-unsaturated/α-hetero) is 1. The quantitative estimate of drug-likeness (QED) is 0.332. The van der Waals surface area contributed by atoms with Crippen LogP contribution in [0, 0.1) is 50.2 Å². The molecule has 4 nitrogen and oxygen atoms in total. The van der Waals surface area contributed by atoms with E-state index in [4.69, 9.17) is 4.74 Å². The van der Waals surface area contributed by atoms with E-state index in [0.717, 1.165) is 51.4 Å². The third-order valence-electron chi connectivity index (χ3n) is 13.2. The van der Waals surface area contributed by atoms with Gasteiger partial charge in [0.25, 0.3) is 0 Å². The van der Waals surface area contributed by atoms with Gasteiger partial charge in [-0.2, -0.15) is 0 Å². The molecule has 0 aromatic heterocycles. The lowest BCUT2D eigenvalue weighted by molar-refractivity contribution is -0.212. The van der Waals surface area contributed by atoms with Crippen LogP contribution in [-0.4, -0.2) is 29.6 Å². The summed E-state index contributed by atoms with van der Waals surface area (Å²) in [5.41, 5.74) is 1.10. The highest BCUT2D eigenvalue weighted by molar-refractivity contribution is 5.89. The molecule has 1 N–H and O–H groups in total. The summed E-state index contributed by atoms with van der Waals surface area (Å²) in [7, 11) is 0. The maximum absolute atomic E-state index is 14.0. The van der Waals surface area contributed by atoms with Gasteiger partial charge in [0, 0.05) is 24.2 Å². The molecular weight excluding hydrogens is 448 g/mol. The van der Waals surface area contributed by atoms with Crippen LogP contribution in [0.25, 0.3) is 0 Å². The van der Waals surface area contributed by atoms with Crippen molar-refractivity contribution >= 4 is 11.8 Å². The summed E-state index contributed by atoms with van der Waals surface area (Å²) in [6.45, 7) is 18.3. The lowest BCUT2D eigenvalue weighted by atomic mass is 9.33. The number of carbonyl (C=O) groups is 2. The van der Waals surface area contributed by atoms with Crippen LogP contribution in [0.15, 0.2) is 11.6 Å². The SMILES string of the molecule is CC(=O)O[C@H]1CC[C@@]2(C)C(CC[C@]3(C)C2CC=C2C4CC(C)(C)CC[C@]4(CO)C(=O)C[C@]23C)C1(C)C. The maximum atomic E-state index is 14.0. The number of rotatable bonds is 2.